The molecule has 6 heteroatoms. The Labute approximate surface area is 132 Å². The predicted octanol–water partition coefficient (Wildman–Crippen LogP) is 3.58. The third-order valence-electron chi connectivity index (χ3n) is 2.91. The number of hydrogen-bond donors (Lipinski definition) is 1. The molecule has 0 bridgehead atoms. The Morgan fingerprint density at radius 2 is 2.09 bits per heavy atom. The summed E-state index contributed by atoms with van der Waals surface area (Å²) in [7, 11) is 0. The average molecular weight is 313 g/mol. The van der Waals surface area contributed by atoms with Crippen LogP contribution < -0.4 is 0 Å². The molecule has 1 N–H and O–H groups in total. The van der Waals surface area contributed by atoms with Crippen molar-refractivity contribution in [1.29, 1.82) is 5.26 Å². The van der Waals surface area contributed by atoms with Crippen molar-refractivity contribution < 1.29 is 9.90 Å². The van der Waals surface area contributed by atoms with E-state index in [0.717, 1.165) is 9.88 Å². The van der Waals surface area contributed by atoms with Gasteiger partial charge in [0, 0.05) is 11.1 Å². The van der Waals surface area contributed by atoms with Crippen molar-refractivity contribution in [3.63, 3.8) is 0 Å². The molecule has 0 aliphatic carbocycles. The fourth-order valence-corrected chi connectivity index (χ4v) is 2.56. The molecule has 112 valence electrons. The van der Waals surface area contributed by atoms with Crippen molar-refractivity contribution in [1.82, 2.24) is 9.97 Å². The molecule has 0 amide bonds. The molecule has 5 nitrogen and oxygen atoms in total. The normalized spacial score (nSPS) is 11.5. The van der Waals surface area contributed by atoms with Gasteiger partial charge in [-0.3, -0.25) is 0 Å². The van der Waals surface area contributed by atoms with Crippen molar-refractivity contribution in [2.75, 3.05) is 0 Å². The van der Waals surface area contributed by atoms with Crippen LogP contribution in [0, 0.1) is 11.3 Å². The fraction of sp³-hybridized carbons (Fsp3) is 0.250. The molecule has 0 saturated carbocycles. The zero-order valence-corrected chi connectivity index (χ0v) is 13.3. The molecule has 22 heavy (non-hydrogen) atoms. The van der Waals surface area contributed by atoms with E-state index < -0.39 is 5.97 Å². The molecule has 0 atom stereocenters. The van der Waals surface area contributed by atoms with Crippen LogP contribution in [0.3, 0.4) is 0 Å². The molecular formula is C16H15N3O2S. The van der Waals surface area contributed by atoms with Crippen molar-refractivity contribution in [3.05, 3.63) is 45.2 Å². The summed E-state index contributed by atoms with van der Waals surface area (Å²) in [6.07, 6.45) is 5.20. The molecule has 2 heterocycles. The Kier molecular flexibility index (Phi) is 4.38. The number of aromatic nitrogens is 2. The SMILES string of the molecule is CC(C)(C)c1cnc(/C=C/c2nc(C(=O)O)ccc2C#N)s1. The van der Waals surface area contributed by atoms with Gasteiger partial charge in [0.25, 0.3) is 0 Å². The molecule has 0 radical (unpaired) electrons. The summed E-state index contributed by atoms with van der Waals surface area (Å²) in [5.41, 5.74) is 0.597. The lowest BCUT2D eigenvalue weighted by Gasteiger charge is -2.14. The number of carboxylic acid groups (broad SMARTS) is 1. The molecule has 2 aromatic rings. The van der Waals surface area contributed by atoms with Crippen molar-refractivity contribution in [3.8, 4) is 6.07 Å². The minimum absolute atomic E-state index is 0.0308. The van der Waals surface area contributed by atoms with E-state index in [-0.39, 0.29) is 11.1 Å². The molecule has 0 aliphatic rings. The lowest BCUT2D eigenvalue weighted by Crippen LogP contribution is -2.07. The van der Waals surface area contributed by atoms with E-state index in [1.807, 2.05) is 12.3 Å². The van der Waals surface area contributed by atoms with Gasteiger partial charge < -0.3 is 5.11 Å². The summed E-state index contributed by atoms with van der Waals surface area (Å²) in [6, 6.07) is 4.78. The minimum atomic E-state index is -1.12. The van der Waals surface area contributed by atoms with Crippen LogP contribution in [0.4, 0.5) is 0 Å². The van der Waals surface area contributed by atoms with Crippen LogP contribution in [-0.4, -0.2) is 21.0 Å². The zero-order chi connectivity index (χ0) is 16.3. The van der Waals surface area contributed by atoms with E-state index in [9.17, 15) is 4.79 Å². The highest BCUT2D eigenvalue weighted by molar-refractivity contribution is 7.12. The number of thiazole rings is 1. The third kappa shape index (κ3) is 3.57. The van der Waals surface area contributed by atoms with Crippen molar-refractivity contribution >= 4 is 29.5 Å². The summed E-state index contributed by atoms with van der Waals surface area (Å²) >= 11 is 1.56. The molecule has 0 spiro atoms. The molecular weight excluding hydrogens is 298 g/mol. The van der Waals surface area contributed by atoms with Crippen LogP contribution in [-0.2, 0) is 5.41 Å². The van der Waals surface area contributed by atoms with E-state index in [1.54, 1.807) is 23.5 Å². The predicted molar refractivity (Wildman–Crippen MR) is 85.7 cm³/mol. The quantitative estimate of drug-likeness (QED) is 0.936. The molecule has 0 fully saturated rings. The maximum atomic E-state index is 11.0. The summed E-state index contributed by atoms with van der Waals surface area (Å²) in [6.45, 7) is 6.33. The number of nitrogens with zero attached hydrogens (tertiary/aromatic N) is 3. The smallest absolute Gasteiger partial charge is 0.354 e. The second kappa shape index (κ2) is 6.08. The van der Waals surface area contributed by atoms with E-state index >= 15 is 0 Å². The van der Waals surface area contributed by atoms with Gasteiger partial charge in [0.15, 0.2) is 0 Å². The highest BCUT2D eigenvalue weighted by Crippen LogP contribution is 2.28. The Morgan fingerprint density at radius 1 is 1.36 bits per heavy atom. The first-order chi connectivity index (χ1) is 10.3. The summed E-state index contributed by atoms with van der Waals surface area (Å²) in [5, 5.41) is 18.8. The number of carbonyl (C=O) groups is 1. The van der Waals surface area contributed by atoms with Crippen molar-refractivity contribution in [2.24, 2.45) is 0 Å². The van der Waals surface area contributed by atoms with Crippen LogP contribution >= 0.6 is 11.3 Å². The van der Waals surface area contributed by atoms with Gasteiger partial charge in [0.05, 0.1) is 11.3 Å². The van der Waals surface area contributed by atoms with E-state index in [1.165, 1.54) is 12.1 Å². The average Bonchev–Trinajstić information content (AvgIpc) is 2.93. The molecule has 0 saturated heterocycles. The topological polar surface area (TPSA) is 86.9 Å². The summed E-state index contributed by atoms with van der Waals surface area (Å²) in [4.78, 5) is 20.4. The third-order valence-corrected chi connectivity index (χ3v) is 4.30. The first-order valence-electron chi connectivity index (χ1n) is 6.60. The van der Waals surface area contributed by atoms with Gasteiger partial charge in [-0.1, -0.05) is 20.8 Å². The molecule has 2 rings (SSSR count). The lowest BCUT2D eigenvalue weighted by molar-refractivity contribution is 0.0690. The standard InChI is InChI=1S/C16H15N3O2S/c1-16(2,3)13-9-18-14(22-13)7-6-11-10(8-17)4-5-12(19-11)15(20)21/h4-7,9H,1-3H3,(H,20,21)/b7-6+. The summed E-state index contributed by atoms with van der Waals surface area (Å²) < 4.78 is 0. The number of hydrogen-bond acceptors (Lipinski definition) is 5. The Morgan fingerprint density at radius 3 is 2.64 bits per heavy atom. The highest BCUT2D eigenvalue weighted by Gasteiger charge is 2.16. The zero-order valence-electron chi connectivity index (χ0n) is 12.5. The monoisotopic (exact) mass is 313 g/mol. The number of pyridine rings is 1. The molecule has 0 unspecified atom stereocenters. The van der Waals surface area contributed by atoms with Crippen LogP contribution in [0.1, 0.15) is 52.4 Å². The summed E-state index contributed by atoms with van der Waals surface area (Å²) in [5.74, 6) is -1.12. The Hall–Kier alpha value is -2.52. The van der Waals surface area contributed by atoms with E-state index in [0.29, 0.717) is 11.3 Å². The van der Waals surface area contributed by atoms with Gasteiger partial charge in [-0.05, 0) is 29.7 Å². The van der Waals surface area contributed by atoms with E-state index in [2.05, 4.69) is 30.7 Å². The number of nitriles is 1. The van der Waals surface area contributed by atoms with Gasteiger partial charge in [0.2, 0.25) is 0 Å². The lowest BCUT2D eigenvalue weighted by atomic mass is 9.96. The fourth-order valence-electron chi connectivity index (χ4n) is 1.68. The van der Waals surface area contributed by atoms with Crippen LogP contribution in [0.15, 0.2) is 18.3 Å². The second-order valence-electron chi connectivity index (χ2n) is 5.69. The van der Waals surface area contributed by atoms with Gasteiger partial charge in [-0.25, -0.2) is 14.8 Å². The molecule has 2 aromatic heterocycles. The minimum Gasteiger partial charge on any atom is -0.477 e. The molecule has 0 aromatic carbocycles. The number of aromatic carboxylic acids is 1. The van der Waals surface area contributed by atoms with Gasteiger partial charge in [-0.2, -0.15) is 5.26 Å². The van der Waals surface area contributed by atoms with Gasteiger partial charge in [0.1, 0.15) is 16.8 Å². The largest absolute Gasteiger partial charge is 0.477 e. The number of carboxylic acids is 1. The van der Waals surface area contributed by atoms with Gasteiger partial charge >= 0.3 is 5.97 Å². The van der Waals surface area contributed by atoms with E-state index in [4.69, 9.17) is 10.4 Å². The first kappa shape index (κ1) is 15.9. The Balaban J connectivity index is 2.33. The maximum Gasteiger partial charge on any atom is 0.354 e. The second-order valence-corrected chi connectivity index (χ2v) is 6.75. The first-order valence-corrected chi connectivity index (χ1v) is 7.42. The maximum absolute atomic E-state index is 11.0. The van der Waals surface area contributed by atoms with Crippen LogP contribution in [0.2, 0.25) is 0 Å². The Bertz CT molecular complexity index is 779. The van der Waals surface area contributed by atoms with Crippen molar-refractivity contribution in [2.45, 2.75) is 26.2 Å². The van der Waals surface area contributed by atoms with Crippen LogP contribution in [0.5, 0.6) is 0 Å². The van der Waals surface area contributed by atoms with Crippen LogP contribution in [0.25, 0.3) is 12.2 Å². The van der Waals surface area contributed by atoms with Gasteiger partial charge in [-0.15, -0.1) is 11.3 Å². The number of rotatable bonds is 3. The molecule has 0 aliphatic heterocycles. The highest BCUT2D eigenvalue weighted by atomic mass is 32.1.